The van der Waals surface area contributed by atoms with Gasteiger partial charge in [0.1, 0.15) is 0 Å². The van der Waals surface area contributed by atoms with Crippen molar-refractivity contribution in [1.82, 2.24) is 0 Å². The number of rotatable bonds is 7. The zero-order chi connectivity index (χ0) is 18.4. The van der Waals surface area contributed by atoms with Crippen molar-refractivity contribution >= 4 is 17.4 Å². The fourth-order valence-corrected chi connectivity index (χ4v) is 2.50. The molecule has 0 fully saturated rings. The zero-order valence-electron chi connectivity index (χ0n) is 15.1. The molecule has 0 aliphatic heterocycles. The van der Waals surface area contributed by atoms with Gasteiger partial charge in [-0.25, -0.2) is 0 Å². The first-order valence-electron chi connectivity index (χ1n) is 7.71. The second kappa shape index (κ2) is 8.24. The number of benzene rings is 2. The predicted octanol–water partition coefficient (Wildman–Crippen LogP) is 3.85. The highest BCUT2D eigenvalue weighted by Crippen LogP contribution is 2.33. The van der Waals surface area contributed by atoms with Crippen LogP contribution in [0.2, 0.25) is 0 Å². The average molecular weight is 342 g/mol. The second-order valence-electron chi connectivity index (χ2n) is 5.30. The van der Waals surface area contributed by atoms with E-state index in [0.717, 1.165) is 11.1 Å². The van der Waals surface area contributed by atoms with Crippen LogP contribution >= 0.6 is 0 Å². The van der Waals surface area contributed by atoms with Crippen LogP contribution in [0.1, 0.15) is 18.1 Å². The van der Waals surface area contributed by atoms with Gasteiger partial charge in [0.2, 0.25) is 0 Å². The topological polar surface area (TPSA) is 54.0 Å². The summed E-state index contributed by atoms with van der Waals surface area (Å²) in [5.74, 6) is 2.36. The van der Waals surface area contributed by atoms with Gasteiger partial charge in [-0.3, -0.25) is 4.79 Å². The lowest BCUT2D eigenvalue weighted by Crippen LogP contribution is -1.98. The van der Waals surface area contributed by atoms with E-state index in [1.54, 1.807) is 46.6 Å². The first-order chi connectivity index (χ1) is 12.0. The summed E-state index contributed by atoms with van der Waals surface area (Å²) in [4.78, 5) is 12.2. The lowest BCUT2D eigenvalue weighted by molar-refractivity contribution is -0.111. The van der Waals surface area contributed by atoms with Gasteiger partial charge in [-0.1, -0.05) is 12.1 Å². The molecule has 5 nitrogen and oxygen atoms in total. The highest BCUT2D eigenvalue weighted by molar-refractivity contribution is 6.24. The van der Waals surface area contributed by atoms with Crippen LogP contribution in [0.3, 0.4) is 0 Å². The molecule has 0 atom stereocenters. The zero-order valence-corrected chi connectivity index (χ0v) is 15.1. The molecular weight excluding hydrogens is 320 g/mol. The summed E-state index contributed by atoms with van der Waals surface area (Å²) < 4.78 is 21.1. The number of Topliss-reactive ketones (excluding diaryl/α,β-unsaturated/α-hetero) is 1. The maximum absolute atomic E-state index is 12.2. The van der Waals surface area contributed by atoms with E-state index in [2.05, 4.69) is 0 Å². The monoisotopic (exact) mass is 342 g/mol. The number of methoxy groups -OCH3 is 4. The highest BCUT2D eigenvalue weighted by Gasteiger charge is 2.12. The molecule has 2 aromatic rings. The molecule has 0 aliphatic rings. The smallest absolute Gasteiger partial charge is 0.161 e. The number of hydrogen-bond acceptors (Lipinski definition) is 5. The first-order valence-corrected chi connectivity index (χ1v) is 7.71. The van der Waals surface area contributed by atoms with Gasteiger partial charge < -0.3 is 18.9 Å². The highest BCUT2D eigenvalue weighted by atomic mass is 16.5. The summed E-state index contributed by atoms with van der Waals surface area (Å²) in [6.45, 7) is 1.53. The van der Waals surface area contributed by atoms with Gasteiger partial charge in [0.05, 0.1) is 28.4 Å². The minimum Gasteiger partial charge on any atom is -0.493 e. The SMILES string of the molecule is COc1ccc(/C=C(\C(C)=O)c2ccc(OC)c(OC)c2)cc1OC. The van der Waals surface area contributed by atoms with E-state index in [1.165, 1.54) is 6.92 Å². The van der Waals surface area contributed by atoms with Crippen molar-refractivity contribution < 1.29 is 23.7 Å². The average Bonchev–Trinajstić information content (AvgIpc) is 2.64. The fourth-order valence-electron chi connectivity index (χ4n) is 2.50. The minimum absolute atomic E-state index is 0.0537. The van der Waals surface area contributed by atoms with Gasteiger partial charge in [0.25, 0.3) is 0 Å². The number of hydrogen-bond donors (Lipinski definition) is 0. The Labute approximate surface area is 147 Å². The minimum atomic E-state index is -0.0537. The van der Waals surface area contributed by atoms with Crippen LogP contribution in [0, 0.1) is 0 Å². The number of carbonyl (C=O) groups excluding carboxylic acids is 1. The van der Waals surface area contributed by atoms with Crippen molar-refractivity contribution in [3.8, 4) is 23.0 Å². The predicted molar refractivity (Wildman–Crippen MR) is 97.6 cm³/mol. The molecule has 0 amide bonds. The van der Waals surface area contributed by atoms with Crippen molar-refractivity contribution in [3.63, 3.8) is 0 Å². The Kier molecular flexibility index (Phi) is 6.06. The van der Waals surface area contributed by atoms with E-state index in [-0.39, 0.29) is 5.78 Å². The number of ketones is 1. The van der Waals surface area contributed by atoms with Crippen LogP contribution in [0.4, 0.5) is 0 Å². The molecule has 0 N–H and O–H groups in total. The molecule has 0 aliphatic carbocycles. The van der Waals surface area contributed by atoms with Crippen LogP contribution in [-0.2, 0) is 4.79 Å². The Morgan fingerprint density at radius 3 is 1.80 bits per heavy atom. The molecule has 25 heavy (non-hydrogen) atoms. The Balaban J connectivity index is 2.51. The largest absolute Gasteiger partial charge is 0.493 e. The van der Waals surface area contributed by atoms with E-state index in [9.17, 15) is 4.79 Å². The summed E-state index contributed by atoms with van der Waals surface area (Å²) >= 11 is 0. The van der Waals surface area contributed by atoms with E-state index in [0.29, 0.717) is 28.6 Å². The van der Waals surface area contributed by atoms with Crippen LogP contribution in [0.5, 0.6) is 23.0 Å². The van der Waals surface area contributed by atoms with Gasteiger partial charge >= 0.3 is 0 Å². The van der Waals surface area contributed by atoms with Crippen molar-refractivity contribution in [2.24, 2.45) is 0 Å². The molecule has 0 unspecified atom stereocenters. The maximum atomic E-state index is 12.2. The van der Waals surface area contributed by atoms with Gasteiger partial charge in [-0.15, -0.1) is 0 Å². The molecule has 2 aromatic carbocycles. The normalized spacial score (nSPS) is 11.0. The third-order valence-corrected chi connectivity index (χ3v) is 3.79. The summed E-state index contributed by atoms with van der Waals surface area (Å²) in [7, 11) is 6.29. The summed E-state index contributed by atoms with van der Waals surface area (Å²) in [6, 6.07) is 10.9. The van der Waals surface area contributed by atoms with Crippen LogP contribution in [0.15, 0.2) is 36.4 Å². The van der Waals surface area contributed by atoms with Gasteiger partial charge in [-0.2, -0.15) is 0 Å². The van der Waals surface area contributed by atoms with Gasteiger partial charge in [0, 0.05) is 5.57 Å². The second-order valence-corrected chi connectivity index (χ2v) is 5.30. The van der Waals surface area contributed by atoms with Crippen LogP contribution in [-0.4, -0.2) is 34.2 Å². The molecule has 0 heterocycles. The Bertz CT molecular complexity index is 793. The molecule has 0 radical (unpaired) electrons. The van der Waals surface area contributed by atoms with Crippen LogP contribution < -0.4 is 18.9 Å². The van der Waals surface area contributed by atoms with Crippen molar-refractivity contribution in [1.29, 1.82) is 0 Å². The molecule has 2 rings (SSSR count). The quantitative estimate of drug-likeness (QED) is 0.565. The van der Waals surface area contributed by atoms with Gasteiger partial charge in [0.15, 0.2) is 28.8 Å². The van der Waals surface area contributed by atoms with Gasteiger partial charge in [-0.05, 0) is 48.4 Å². The van der Waals surface area contributed by atoms with Crippen molar-refractivity contribution in [2.45, 2.75) is 6.92 Å². The molecule has 0 aromatic heterocycles. The lowest BCUT2D eigenvalue weighted by Gasteiger charge is -2.12. The molecule has 0 spiro atoms. The van der Waals surface area contributed by atoms with E-state index in [1.807, 2.05) is 24.3 Å². The summed E-state index contributed by atoms with van der Waals surface area (Å²) in [5.41, 5.74) is 2.14. The Morgan fingerprint density at radius 2 is 1.28 bits per heavy atom. The Hall–Kier alpha value is -2.95. The molecule has 5 heteroatoms. The van der Waals surface area contributed by atoms with Crippen molar-refractivity contribution in [2.75, 3.05) is 28.4 Å². The van der Waals surface area contributed by atoms with Crippen LogP contribution in [0.25, 0.3) is 11.6 Å². The standard InChI is InChI=1S/C20H22O5/c1-13(21)16(15-7-9-18(23-3)20(12-15)25-5)10-14-6-8-17(22-2)19(11-14)24-4/h6-12H,1-5H3/b16-10+. The van der Waals surface area contributed by atoms with E-state index >= 15 is 0 Å². The van der Waals surface area contributed by atoms with E-state index < -0.39 is 0 Å². The third-order valence-electron chi connectivity index (χ3n) is 3.79. The summed E-state index contributed by atoms with van der Waals surface area (Å²) in [5, 5.41) is 0. The molecule has 0 saturated heterocycles. The van der Waals surface area contributed by atoms with Crippen molar-refractivity contribution in [3.05, 3.63) is 47.5 Å². The third kappa shape index (κ3) is 4.12. The molecule has 132 valence electrons. The molecule has 0 saturated carbocycles. The van der Waals surface area contributed by atoms with E-state index in [4.69, 9.17) is 18.9 Å². The summed E-state index contributed by atoms with van der Waals surface area (Å²) in [6.07, 6.45) is 1.81. The lowest BCUT2D eigenvalue weighted by atomic mass is 9.99. The number of carbonyl (C=O) groups is 1. The number of ether oxygens (including phenoxy) is 4. The molecule has 0 bridgehead atoms. The maximum Gasteiger partial charge on any atom is 0.161 e. The molecular formula is C20H22O5. The first kappa shape index (κ1) is 18.4. The number of allylic oxidation sites excluding steroid dienone is 1. The fraction of sp³-hybridized carbons (Fsp3) is 0.250. The Morgan fingerprint density at radius 1 is 0.760 bits per heavy atom.